The largest absolute Gasteiger partial charge is 0.294 e. The van der Waals surface area contributed by atoms with E-state index in [1.54, 1.807) is 6.20 Å². The van der Waals surface area contributed by atoms with E-state index in [1.165, 1.54) is 5.56 Å². The third-order valence-corrected chi connectivity index (χ3v) is 4.51. The van der Waals surface area contributed by atoms with Crippen molar-refractivity contribution in [3.8, 4) is 0 Å². The normalized spacial score (nSPS) is 16.8. The van der Waals surface area contributed by atoms with Gasteiger partial charge in [0.25, 0.3) is 0 Å². The van der Waals surface area contributed by atoms with Crippen molar-refractivity contribution in [3.63, 3.8) is 0 Å². The Bertz CT molecular complexity index is 999. The molecule has 25 heavy (non-hydrogen) atoms. The number of fused-ring (bicyclic) bond motifs is 2. The van der Waals surface area contributed by atoms with E-state index in [1.807, 2.05) is 26.0 Å². The summed E-state index contributed by atoms with van der Waals surface area (Å²) in [7, 11) is 0. The van der Waals surface area contributed by atoms with Gasteiger partial charge >= 0.3 is 0 Å². The van der Waals surface area contributed by atoms with Crippen LogP contribution in [0.25, 0.3) is 10.9 Å². The van der Waals surface area contributed by atoms with Crippen molar-refractivity contribution in [3.05, 3.63) is 46.9 Å². The molecule has 0 fully saturated rings. The second-order valence-corrected chi connectivity index (χ2v) is 6.77. The number of ketones is 1. The Morgan fingerprint density at radius 2 is 1.92 bits per heavy atom. The summed E-state index contributed by atoms with van der Waals surface area (Å²) in [5.74, 6) is 1.31. The standard InChI is InChI=1S/C19H19N5O/c1-10-4-5-15-13(6-10)12(3)21-19(22-15)24-18-20-9-14-16(23-18)7-11(2)8-17(14)25/h4-6,9,11H,7-8H2,1-3H3,(H,20,21,22,23,24). The van der Waals surface area contributed by atoms with E-state index in [0.717, 1.165) is 28.7 Å². The van der Waals surface area contributed by atoms with E-state index in [0.29, 0.717) is 29.8 Å². The van der Waals surface area contributed by atoms with Crippen LogP contribution in [0, 0.1) is 19.8 Å². The van der Waals surface area contributed by atoms with Gasteiger partial charge in [0.1, 0.15) is 0 Å². The molecule has 4 rings (SSSR count). The van der Waals surface area contributed by atoms with Crippen molar-refractivity contribution in [2.24, 2.45) is 5.92 Å². The fourth-order valence-corrected chi connectivity index (χ4v) is 3.25. The highest BCUT2D eigenvalue weighted by Crippen LogP contribution is 2.25. The maximum Gasteiger partial charge on any atom is 0.230 e. The van der Waals surface area contributed by atoms with Crippen LogP contribution in [0.5, 0.6) is 0 Å². The Morgan fingerprint density at radius 1 is 1.08 bits per heavy atom. The number of carbonyl (C=O) groups is 1. The van der Waals surface area contributed by atoms with Gasteiger partial charge in [-0.2, -0.15) is 0 Å². The van der Waals surface area contributed by atoms with Gasteiger partial charge in [0.05, 0.1) is 22.5 Å². The Hall–Kier alpha value is -2.89. The summed E-state index contributed by atoms with van der Waals surface area (Å²) in [4.78, 5) is 29.9. The highest BCUT2D eigenvalue weighted by atomic mass is 16.1. The minimum Gasteiger partial charge on any atom is -0.294 e. The Kier molecular flexibility index (Phi) is 3.67. The second-order valence-electron chi connectivity index (χ2n) is 6.77. The van der Waals surface area contributed by atoms with Crippen LogP contribution >= 0.6 is 0 Å². The molecule has 0 radical (unpaired) electrons. The number of hydrogen-bond donors (Lipinski definition) is 1. The van der Waals surface area contributed by atoms with Crippen molar-refractivity contribution in [2.45, 2.75) is 33.6 Å². The lowest BCUT2D eigenvalue weighted by Gasteiger charge is -2.19. The van der Waals surface area contributed by atoms with Crippen LogP contribution < -0.4 is 5.32 Å². The molecular weight excluding hydrogens is 314 g/mol. The number of nitrogens with one attached hydrogen (secondary N) is 1. The van der Waals surface area contributed by atoms with Crippen LogP contribution in [-0.2, 0) is 6.42 Å². The smallest absolute Gasteiger partial charge is 0.230 e. The number of anilines is 2. The van der Waals surface area contributed by atoms with E-state index >= 15 is 0 Å². The molecule has 0 saturated carbocycles. The predicted octanol–water partition coefficient (Wildman–Crippen LogP) is 3.55. The van der Waals surface area contributed by atoms with Crippen molar-refractivity contribution in [2.75, 3.05) is 5.32 Å². The van der Waals surface area contributed by atoms with Crippen molar-refractivity contribution >= 4 is 28.6 Å². The molecule has 2 aromatic heterocycles. The van der Waals surface area contributed by atoms with Gasteiger partial charge in [0.2, 0.25) is 11.9 Å². The number of rotatable bonds is 2. The molecule has 0 saturated heterocycles. The number of hydrogen-bond acceptors (Lipinski definition) is 6. The summed E-state index contributed by atoms with van der Waals surface area (Å²) in [5.41, 5.74) is 4.39. The maximum absolute atomic E-state index is 12.1. The zero-order valence-electron chi connectivity index (χ0n) is 14.5. The number of nitrogens with zero attached hydrogens (tertiary/aromatic N) is 4. The average molecular weight is 333 g/mol. The first kappa shape index (κ1) is 15.6. The van der Waals surface area contributed by atoms with Crippen LogP contribution in [0.1, 0.15) is 40.7 Å². The number of carbonyl (C=O) groups excluding carboxylic acids is 1. The molecule has 0 aliphatic heterocycles. The fourth-order valence-electron chi connectivity index (χ4n) is 3.25. The van der Waals surface area contributed by atoms with E-state index < -0.39 is 0 Å². The molecule has 2 heterocycles. The van der Waals surface area contributed by atoms with E-state index in [9.17, 15) is 4.79 Å². The minimum atomic E-state index is 0.119. The van der Waals surface area contributed by atoms with Gasteiger partial charge in [-0.1, -0.05) is 18.6 Å². The molecule has 6 heteroatoms. The Labute approximate surface area is 145 Å². The average Bonchev–Trinajstić information content (AvgIpc) is 2.55. The molecule has 1 aliphatic carbocycles. The van der Waals surface area contributed by atoms with E-state index in [-0.39, 0.29) is 5.78 Å². The first-order chi connectivity index (χ1) is 12.0. The van der Waals surface area contributed by atoms with Crippen LogP contribution in [0.3, 0.4) is 0 Å². The van der Waals surface area contributed by atoms with E-state index in [4.69, 9.17) is 0 Å². The highest BCUT2D eigenvalue weighted by Gasteiger charge is 2.24. The van der Waals surface area contributed by atoms with Gasteiger partial charge in [-0.3, -0.25) is 10.1 Å². The molecule has 0 amide bonds. The topological polar surface area (TPSA) is 80.7 Å². The first-order valence-electron chi connectivity index (χ1n) is 8.41. The van der Waals surface area contributed by atoms with Crippen molar-refractivity contribution in [1.82, 2.24) is 19.9 Å². The molecule has 1 N–H and O–H groups in total. The van der Waals surface area contributed by atoms with Crippen LogP contribution in [0.4, 0.5) is 11.9 Å². The second kappa shape index (κ2) is 5.88. The maximum atomic E-state index is 12.1. The van der Waals surface area contributed by atoms with Crippen LogP contribution in [-0.4, -0.2) is 25.7 Å². The third kappa shape index (κ3) is 2.95. The molecule has 0 bridgehead atoms. The van der Waals surface area contributed by atoms with Gasteiger partial charge in [0, 0.05) is 18.0 Å². The molecule has 1 unspecified atom stereocenters. The number of aryl methyl sites for hydroxylation is 2. The van der Waals surface area contributed by atoms with Crippen molar-refractivity contribution < 1.29 is 4.79 Å². The zero-order valence-corrected chi connectivity index (χ0v) is 14.5. The summed E-state index contributed by atoms with van der Waals surface area (Å²) in [6, 6.07) is 6.09. The van der Waals surface area contributed by atoms with Gasteiger partial charge in [-0.05, 0) is 38.3 Å². The van der Waals surface area contributed by atoms with Crippen LogP contribution in [0.2, 0.25) is 0 Å². The Balaban J connectivity index is 1.69. The first-order valence-corrected chi connectivity index (χ1v) is 8.41. The monoisotopic (exact) mass is 333 g/mol. The summed E-state index contributed by atoms with van der Waals surface area (Å²) in [6.07, 6.45) is 2.96. The highest BCUT2D eigenvalue weighted by molar-refractivity contribution is 5.98. The molecule has 1 atom stereocenters. The number of aromatic nitrogens is 4. The SMILES string of the molecule is Cc1ccc2nc(Nc3ncc4c(n3)CC(C)CC4=O)nc(C)c2c1. The summed E-state index contributed by atoms with van der Waals surface area (Å²) in [5, 5.41) is 4.11. The van der Waals surface area contributed by atoms with Gasteiger partial charge in [0.15, 0.2) is 5.78 Å². The number of benzene rings is 1. The molecule has 1 aliphatic rings. The summed E-state index contributed by atoms with van der Waals surface area (Å²) >= 11 is 0. The molecule has 1 aromatic carbocycles. The summed E-state index contributed by atoms with van der Waals surface area (Å²) < 4.78 is 0. The lowest BCUT2D eigenvalue weighted by Crippen LogP contribution is -2.20. The molecule has 126 valence electrons. The number of Topliss-reactive ketones (excluding diaryl/α,β-unsaturated/α-hetero) is 1. The van der Waals surface area contributed by atoms with Crippen molar-refractivity contribution in [1.29, 1.82) is 0 Å². The molecular formula is C19H19N5O. The molecule has 0 spiro atoms. The van der Waals surface area contributed by atoms with E-state index in [2.05, 4.69) is 38.2 Å². The van der Waals surface area contributed by atoms with Gasteiger partial charge in [-0.15, -0.1) is 0 Å². The minimum absolute atomic E-state index is 0.119. The Morgan fingerprint density at radius 3 is 2.76 bits per heavy atom. The molecule has 3 aromatic rings. The quantitative estimate of drug-likeness (QED) is 0.772. The summed E-state index contributed by atoms with van der Waals surface area (Å²) in [6.45, 7) is 6.07. The van der Waals surface area contributed by atoms with Gasteiger partial charge < -0.3 is 0 Å². The predicted molar refractivity (Wildman–Crippen MR) is 96.1 cm³/mol. The lowest BCUT2D eigenvalue weighted by molar-refractivity contribution is 0.0951. The lowest BCUT2D eigenvalue weighted by atomic mass is 9.88. The van der Waals surface area contributed by atoms with Gasteiger partial charge in [-0.25, -0.2) is 19.9 Å². The zero-order chi connectivity index (χ0) is 17.6. The fraction of sp³-hybridized carbons (Fsp3) is 0.316. The van der Waals surface area contributed by atoms with Crippen LogP contribution in [0.15, 0.2) is 24.4 Å². The molecule has 6 nitrogen and oxygen atoms in total. The third-order valence-electron chi connectivity index (χ3n) is 4.51.